The van der Waals surface area contributed by atoms with Gasteiger partial charge in [-0.2, -0.15) is 0 Å². The first-order valence-corrected chi connectivity index (χ1v) is 13.7. The number of aryl methyl sites for hydroxylation is 2. The summed E-state index contributed by atoms with van der Waals surface area (Å²) in [5.74, 6) is 1.94. The summed E-state index contributed by atoms with van der Waals surface area (Å²) in [6.07, 6.45) is 1.84. The number of hydrogen-bond donors (Lipinski definition) is 2. The number of carbonyl (C=O) groups excluding carboxylic acids is 1. The summed E-state index contributed by atoms with van der Waals surface area (Å²) in [6.45, 7) is 13.2. The molecule has 10 heteroatoms. The van der Waals surface area contributed by atoms with Crippen LogP contribution in [-0.4, -0.2) is 58.2 Å². The maximum atomic E-state index is 13.7. The highest BCUT2D eigenvalue weighted by atomic mass is 16.5. The SMILES string of the molecule is CCOc1cc(C)[nH]c(=O)c1CNC(=O)c1cc(-c2ccc(N3CCOCC3)nc2)cc2c(C(C)C)nc(C)n12. The van der Waals surface area contributed by atoms with E-state index in [1.807, 2.05) is 42.6 Å². The number of imidazole rings is 1. The van der Waals surface area contributed by atoms with Gasteiger partial charge in [0.1, 0.15) is 23.1 Å². The minimum atomic E-state index is -0.317. The zero-order valence-corrected chi connectivity index (χ0v) is 23.7. The number of aromatic amines is 1. The first kappa shape index (κ1) is 27.4. The van der Waals surface area contributed by atoms with E-state index in [0.717, 1.165) is 47.1 Å². The van der Waals surface area contributed by atoms with Gasteiger partial charge in [-0.15, -0.1) is 0 Å². The number of ether oxygens (including phenoxy) is 2. The van der Waals surface area contributed by atoms with Crippen molar-refractivity contribution >= 4 is 17.2 Å². The molecule has 210 valence electrons. The predicted molar refractivity (Wildman–Crippen MR) is 154 cm³/mol. The summed E-state index contributed by atoms with van der Waals surface area (Å²) in [6, 6.07) is 9.73. The Balaban J connectivity index is 1.52. The number of nitrogens with one attached hydrogen (secondary N) is 2. The molecule has 10 nitrogen and oxygen atoms in total. The number of fused-ring (bicyclic) bond motifs is 1. The van der Waals surface area contributed by atoms with E-state index < -0.39 is 0 Å². The molecule has 0 aliphatic carbocycles. The van der Waals surface area contributed by atoms with Crippen LogP contribution in [0, 0.1) is 13.8 Å². The van der Waals surface area contributed by atoms with Gasteiger partial charge in [-0.25, -0.2) is 9.97 Å². The number of carbonyl (C=O) groups is 1. The van der Waals surface area contributed by atoms with Gasteiger partial charge in [0, 0.05) is 30.5 Å². The summed E-state index contributed by atoms with van der Waals surface area (Å²) in [5, 5.41) is 2.94. The molecule has 0 saturated carbocycles. The number of amides is 1. The molecule has 4 aromatic rings. The highest BCUT2D eigenvalue weighted by Crippen LogP contribution is 2.29. The van der Waals surface area contributed by atoms with Crippen LogP contribution in [0.1, 0.15) is 60.0 Å². The van der Waals surface area contributed by atoms with Crippen LogP contribution < -0.4 is 20.5 Å². The average Bonchev–Trinajstić information content (AvgIpc) is 3.29. The molecular weight excluding hydrogens is 508 g/mol. The molecule has 1 aliphatic heterocycles. The van der Waals surface area contributed by atoms with Crippen molar-refractivity contribution in [2.24, 2.45) is 0 Å². The molecule has 2 N–H and O–H groups in total. The van der Waals surface area contributed by atoms with Gasteiger partial charge >= 0.3 is 0 Å². The Morgan fingerprint density at radius 1 is 1.15 bits per heavy atom. The van der Waals surface area contributed by atoms with Crippen molar-refractivity contribution in [1.29, 1.82) is 0 Å². The van der Waals surface area contributed by atoms with Gasteiger partial charge in [-0.3, -0.25) is 14.0 Å². The minimum Gasteiger partial charge on any atom is -0.493 e. The fraction of sp³-hybridized carbons (Fsp3) is 0.400. The number of morpholine rings is 1. The van der Waals surface area contributed by atoms with Gasteiger partial charge in [0.05, 0.1) is 43.1 Å². The number of pyridine rings is 3. The van der Waals surface area contributed by atoms with Crippen LogP contribution in [-0.2, 0) is 11.3 Å². The molecule has 0 spiro atoms. The molecule has 1 fully saturated rings. The van der Waals surface area contributed by atoms with Crippen LogP contribution in [0.15, 0.2) is 41.3 Å². The minimum absolute atomic E-state index is 0.0239. The summed E-state index contributed by atoms with van der Waals surface area (Å²) in [7, 11) is 0. The van der Waals surface area contributed by atoms with E-state index in [2.05, 4.69) is 35.1 Å². The van der Waals surface area contributed by atoms with Crippen LogP contribution >= 0.6 is 0 Å². The molecule has 5 heterocycles. The number of aromatic nitrogens is 4. The molecule has 0 radical (unpaired) electrons. The summed E-state index contributed by atoms with van der Waals surface area (Å²) < 4.78 is 13.0. The van der Waals surface area contributed by atoms with Gasteiger partial charge < -0.3 is 24.7 Å². The molecule has 4 aromatic heterocycles. The van der Waals surface area contributed by atoms with Crippen molar-refractivity contribution in [3.05, 3.63) is 75.4 Å². The molecule has 0 bridgehead atoms. The van der Waals surface area contributed by atoms with E-state index in [0.29, 0.717) is 42.5 Å². The molecule has 5 rings (SSSR count). The fourth-order valence-electron chi connectivity index (χ4n) is 5.11. The third-order valence-corrected chi connectivity index (χ3v) is 7.09. The Labute approximate surface area is 233 Å². The Kier molecular flexibility index (Phi) is 7.88. The van der Waals surface area contributed by atoms with Gasteiger partial charge in [0.15, 0.2) is 0 Å². The predicted octanol–water partition coefficient (Wildman–Crippen LogP) is 3.99. The summed E-state index contributed by atoms with van der Waals surface area (Å²) in [5.41, 5.74) is 4.77. The first-order valence-electron chi connectivity index (χ1n) is 13.7. The van der Waals surface area contributed by atoms with E-state index in [4.69, 9.17) is 19.4 Å². The fourth-order valence-corrected chi connectivity index (χ4v) is 5.11. The topological polar surface area (TPSA) is 114 Å². The molecule has 40 heavy (non-hydrogen) atoms. The third-order valence-electron chi connectivity index (χ3n) is 7.09. The Hall–Kier alpha value is -4.18. The first-order chi connectivity index (χ1) is 19.3. The highest BCUT2D eigenvalue weighted by molar-refractivity contribution is 5.95. The van der Waals surface area contributed by atoms with Crippen molar-refractivity contribution in [3.63, 3.8) is 0 Å². The molecule has 1 aliphatic rings. The van der Waals surface area contributed by atoms with Crippen LogP contribution in [0.3, 0.4) is 0 Å². The Bertz CT molecular complexity index is 1580. The monoisotopic (exact) mass is 544 g/mol. The maximum Gasteiger partial charge on any atom is 0.268 e. The number of anilines is 1. The number of H-pyrrole nitrogens is 1. The molecular formula is C30H36N6O4. The second-order valence-corrected chi connectivity index (χ2v) is 10.3. The van der Waals surface area contributed by atoms with Crippen LogP contribution in [0.2, 0.25) is 0 Å². The largest absolute Gasteiger partial charge is 0.493 e. The summed E-state index contributed by atoms with van der Waals surface area (Å²) >= 11 is 0. The second kappa shape index (κ2) is 11.5. The lowest BCUT2D eigenvalue weighted by Gasteiger charge is -2.27. The highest BCUT2D eigenvalue weighted by Gasteiger charge is 2.21. The van der Waals surface area contributed by atoms with E-state index in [1.165, 1.54) is 0 Å². The lowest BCUT2D eigenvalue weighted by molar-refractivity contribution is 0.0944. The van der Waals surface area contributed by atoms with E-state index in [9.17, 15) is 9.59 Å². The number of hydrogen-bond acceptors (Lipinski definition) is 7. The number of rotatable bonds is 8. The molecule has 1 saturated heterocycles. The van der Waals surface area contributed by atoms with Crippen LogP contribution in [0.25, 0.3) is 16.6 Å². The van der Waals surface area contributed by atoms with Crippen molar-refractivity contribution in [1.82, 2.24) is 24.7 Å². The zero-order valence-electron chi connectivity index (χ0n) is 23.7. The lowest BCUT2D eigenvalue weighted by atomic mass is 10.0. The smallest absolute Gasteiger partial charge is 0.268 e. The quantitative estimate of drug-likeness (QED) is 0.345. The molecule has 1 amide bonds. The second-order valence-electron chi connectivity index (χ2n) is 10.3. The van der Waals surface area contributed by atoms with Crippen molar-refractivity contribution in [2.45, 2.75) is 47.1 Å². The zero-order chi connectivity index (χ0) is 28.4. The van der Waals surface area contributed by atoms with Gasteiger partial charge in [-0.1, -0.05) is 13.8 Å². The van der Waals surface area contributed by atoms with Crippen LogP contribution in [0.5, 0.6) is 5.75 Å². The third kappa shape index (κ3) is 5.44. The molecule has 0 aromatic carbocycles. The van der Waals surface area contributed by atoms with Crippen molar-refractivity contribution in [2.75, 3.05) is 37.8 Å². The average molecular weight is 545 g/mol. The van der Waals surface area contributed by atoms with Crippen molar-refractivity contribution < 1.29 is 14.3 Å². The lowest BCUT2D eigenvalue weighted by Crippen LogP contribution is -2.36. The van der Waals surface area contributed by atoms with Crippen molar-refractivity contribution in [3.8, 4) is 16.9 Å². The van der Waals surface area contributed by atoms with Gasteiger partial charge in [-0.05, 0) is 62.6 Å². The number of nitrogens with zero attached hydrogens (tertiary/aromatic N) is 4. The van der Waals surface area contributed by atoms with Gasteiger partial charge in [0.25, 0.3) is 11.5 Å². The standard InChI is InChI=1S/C30H36N6O4/c1-6-40-26-13-19(4)33-29(37)23(26)17-32-30(38)25-15-22(14-24-28(18(2)3)34-20(5)36(24)25)21-7-8-27(31-16-21)35-9-11-39-12-10-35/h7-8,13-16,18H,6,9-12,17H2,1-5H3,(H,32,38)(H,33,37). The molecule has 0 atom stereocenters. The maximum absolute atomic E-state index is 13.7. The van der Waals surface area contributed by atoms with E-state index >= 15 is 0 Å². The van der Waals surface area contributed by atoms with E-state index in [1.54, 1.807) is 13.0 Å². The normalized spacial score (nSPS) is 13.7. The Morgan fingerprint density at radius 2 is 1.93 bits per heavy atom. The summed E-state index contributed by atoms with van der Waals surface area (Å²) in [4.78, 5) is 40.9. The molecule has 0 unspecified atom stereocenters. The van der Waals surface area contributed by atoms with E-state index in [-0.39, 0.29) is 23.9 Å². The van der Waals surface area contributed by atoms with Gasteiger partial charge in [0.2, 0.25) is 0 Å². The Morgan fingerprint density at radius 3 is 2.60 bits per heavy atom. The van der Waals surface area contributed by atoms with Crippen LogP contribution in [0.4, 0.5) is 5.82 Å².